The average Bonchev–Trinajstić information content (AvgIpc) is 3.29. The fourth-order valence-electron chi connectivity index (χ4n) is 2.35. The summed E-state index contributed by atoms with van der Waals surface area (Å²) in [6.45, 7) is 4.38. The molecule has 0 N–H and O–H groups in total. The van der Waals surface area contributed by atoms with Gasteiger partial charge in [0.2, 0.25) is 0 Å². The van der Waals surface area contributed by atoms with Crippen molar-refractivity contribution in [2.24, 2.45) is 5.92 Å². The van der Waals surface area contributed by atoms with Crippen molar-refractivity contribution >= 4 is 17.3 Å². The maximum atomic E-state index is 2.36. The third kappa shape index (κ3) is 3.16. The van der Waals surface area contributed by atoms with Gasteiger partial charge in [-0.2, -0.15) is 0 Å². The van der Waals surface area contributed by atoms with E-state index in [1.165, 1.54) is 40.0 Å². The van der Waals surface area contributed by atoms with Crippen LogP contribution in [0.25, 0.3) is 5.57 Å². The fraction of sp³-hybridized carbons (Fsp3) is 0.263. The maximum absolute atomic E-state index is 2.36. The second-order valence-corrected chi connectivity index (χ2v) is 6.52. The van der Waals surface area contributed by atoms with Crippen LogP contribution in [0.2, 0.25) is 0 Å². The smallest absolute Gasteiger partial charge is 0.0116 e. The molecule has 1 heteroatoms. The van der Waals surface area contributed by atoms with Gasteiger partial charge in [-0.15, -0.1) is 0 Å². The van der Waals surface area contributed by atoms with Gasteiger partial charge in [-0.1, -0.05) is 48.2 Å². The van der Waals surface area contributed by atoms with Gasteiger partial charge in [0, 0.05) is 4.90 Å². The molecule has 0 unspecified atom stereocenters. The number of thioether (sulfide) groups is 1. The van der Waals surface area contributed by atoms with Gasteiger partial charge in [-0.25, -0.2) is 0 Å². The van der Waals surface area contributed by atoms with Crippen LogP contribution in [0, 0.1) is 19.8 Å². The van der Waals surface area contributed by atoms with Crippen LogP contribution < -0.4 is 0 Å². The Bertz CT molecular complexity index is 621. The lowest BCUT2D eigenvalue weighted by Crippen LogP contribution is -1.89. The zero-order valence-corrected chi connectivity index (χ0v) is 12.9. The summed E-state index contributed by atoms with van der Waals surface area (Å²) in [5.74, 6) is 0.772. The van der Waals surface area contributed by atoms with Gasteiger partial charge >= 0.3 is 0 Å². The largest absolute Gasteiger partial charge is 0.0978 e. The Labute approximate surface area is 125 Å². The molecular weight excluding hydrogens is 260 g/mol. The van der Waals surface area contributed by atoms with Crippen LogP contribution in [0.3, 0.4) is 0 Å². The normalized spacial score (nSPS) is 15.4. The molecular formula is C19H20S. The third-order valence-corrected chi connectivity index (χ3v) is 4.84. The molecule has 2 aromatic carbocycles. The molecule has 0 bridgehead atoms. The van der Waals surface area contributed by atoms with E-state index in [1.54, 1.807) is 0 Å². The number of aryl methyl sites for hydroxylation is 2. The van der Waals surface area contributed by atoms with Crippen molar-refractivity contribution in [3.8, 4) is 0 Å². The minimum atomic E-state index is 0.772. The van der Waals surface area contributed by atoms with E-state index in [4.69, 9.17) is 0 Å². The molecule has 1 aliphatic carbocycles. The van der Waals surface area contributed by atoms with Gasteiger partial charge in [0.1, 0.15) is 0 Å². The van der Waals surface area contributed by atoms with Gasteiger partial charge in [0.25, 0.3) is 0 Å². The Morgan fingerprint density at radius 3 is 2.40 bits per heavy atom. The first-order valence-corrected chi connectivity index (χ1v) is 8.11. The molecule has 3 rings (SSSR count). The highest BCUT2D eigenvalue weighted by Gasteiger charge is 2.26. The number of benzene rings is 2. The summed E-state index contributed by atoms with van der Waals surface area (Å²) in [4.78, 5) is 1.31. The van der Waals surface area contributed by atoms with Crippen LogP contribution in [-0.4, -0.2) is 0 Å². The van der Waals surface area contributed by atoms with Crippen LogP contribution in [-0.2, 0) is 0 Å². The molecule has 1 fully saturated rings. The van der Waals surface area contributed by atoms with Crippen molar-refractivity contribution < 1.29 is 0 Å². The van der Waals surface area contributed by atoms with Gasteiger partial charge in [0.15, 0.2) is 0 Å². The van der Waals surface area contributed by atoms with Crippen molar-refractivity contribution in [1.82, 2.24) is 0 Å². The SMILES string of the molecule is Cc1ccc(/C(=C\Sc2ccccc2)C2CC2)cc1C. The molecule has 0 radical (unpaired) electrons. The molecule has 0 heterocycles. The second kappa shape index (κ2) is 5.88. The molecule has 0 aliphatic heterocycles. The molecule has 2 aromatic rings. The molecule has 0 saturated heterocycles. The molecule has 0 nitrogen and oxygen atoms in total. The lowest BCUT2D eigenvalue weighted by atomic mass is 9.99. The molecule has 102 valence electrons. The molecule has 0 spiro atoms. The van der Waals surface area contributed by atoms with Gasteiger partial charge in [-0.3, -0.25) is 0 Å². The quantitative estimate of drug-likeness (QED) is 0.633. The van der Waals surface area contributed by atoms with Crippen LogP contribution in [0.4, 0.5) is 0 Å². The number of allylic oxidation sites excluding steroid dienone is 1. The zero-order chi connectivity index (χ0) is 13.9. The van der Waals surface area contributed by atoms with Crippen LogP contribution in [0.15, 0.2) is 58.8 Å². The summed E-state index contributed by atoms with van der Waals surface area (Å²) in [7, 11) is 0. The van der Waals surface area contributed by atoms with E-state index in [-0.39, 0.29) is 0 Å². The monoisotopic (exact) mass is 280 g/mol. The number of hydrogen-bond donors (Lipinski definition) is 0. The van der Waals surface area contributed by atoms with Crippen molar-refractivity contribution in [2.45, 2.75) is 31.6 Å². The van der Waals surface area contributed by atoms with Crippen molar-refractivity contribution in [1.29, 1.82) is 0 Å². The van der Waals surface area contributed by atoms with Gasteiger partial charge < -0.3 is 0 Å². The van der Waals surface area contributed by atoms with Crippen molar-refractivity contribution in [2.75, 3.05) is 0 Å². The Balaban J connectivity index is 1.87. The summed E-state index contributed by atoms with van der Waals surface area (Å²) in [6.07, 6.45) is 2.68. The highest BCUT2D eigenvalue weighted by Crippen LogP contribution is 2.44. The summed E-state index contributed by atoms with van der Waals surface area (Å²) >= 11 is 1.84. The Hall–Kier alpha value is -1.47. The van der Waals surface area contributed by atoms with E-state index in [0.29, 0.717) is 0 Å². The molecule has 1 saturated carbocycles. The predicted molar refractivity (Wildman–Crippen MR) is 88.9 cm³/mol. The lowest BCUT2D eigenvalue weighted by molar-refractivity contribution is 1.14. The van der Waals surface area contributed by atoms with E-state index < -0.39 is 0 Å². The maximum Gasteiger partial charge on any atom is 0.0116 e. The molecule has 1 aliphatic rings. The van der Waals surface area contributed by atoms with E-state index in [9.17, 15) is 0 Å². The predicted octanol–water partition coefficient (Wildman–Crippen LogP) is 5.85. The molecule has 0 amide bonds. The first-order valence-electron chi connectivity index (χ1n) is 7.23. The minimum absolute atomic E-state index is 0.772. The van der Waals surface area contributed by atoms with E-state index in [1.807, 2.05) is 11.8 Å². The highest BCUT2D eigenvalue weighted by molar-refractivity contribution is 8.02. The minimum Gasteiger partial charge on any atom is -0.0978 e. The number of hydrogen-bond acceptors (Lipinski definition) is 1. The first kappa shape index (κ1) is 13.5. The summed E-state index contributed by atoms with van der Waals surface area (Å²) in [5, 5.41) is 2.36. The lowest BCUT2D eigenvalue weighted by Gasteiger charge is -2.09. The Kier molecular flexibility index (Phi) is 3.98. The molecule has 0 atom stereocenters. The van der Waals surface area contributed by atoms with Crippen LogP contribution >= 0.6 is 11.8 Å². The van der Waals surface area contributed by atoms with Crippen molar-refractivity contribution in [3.63, 3.8) is 0 Å². The van der Waals surface area contributed by atoms with E-state index in [2.05, 4.69) is 67.8 Å². The average molecular weight is 280 g/mol. The summed E-state index contributed by atoms with van der Waals surface area (Å²) < 4.78 is 0. The first-order chi connectivity index (χ1) is 9.74. The Morgan fingerprint density at radius 1 is 1.00 bits per heavy atom. The standard InChI is InChI=1S/C19H20S/c1-14-8-9-17(12-15(14)2)19(16-10-11-16)13-20-18-6-4-3-5-7-18/h3-9,12-13,16H,10-11H2,1-2H3/b19-13-. The summed E-state index contributed by atoms with van der Waals surface area (Å²) in [5.41, 5.74) is 5.68. The van der Waals surface area contributed by atoms with Crippen LogP contribution in [0.5, 0.6) is 0 Å². The van der Waals surface area contributed by atoms with E-state index >= 15 is 0 Å². The van der Waals surface area contributed by atoms with Crippen molar-refractivity contribution in [3.05, 3.63) is 70.6 Å². The second-order valence-electron chi connectivity index (χ2n) is 5.58. The fourth-order valence-corrected chi connectivity index (χ4v) is 3.25. The van der Waals surface area contributed by atoms with Gasteiger partial charge in [-0.05, 0) is 72.4 Å². The van der Waals surface area contributed by atoms with Gasteiger partial charge in [0.05, 0.1) is 0 Å². The van der Waals surface area contributed by atoms with E-state index in [0.717, 1.165) is 5.92 Å². The zero-order valence-electron chi connectivity index (χ0n) is 12.1. The van der Waals surface area contributed by atoms with Crippen LogP contribution in [0.1, 0.15) is 29.5 Å². The third-order valence-electron chi connectivity index (χ3n) is 3.92. The Morgan fingerprint density at radius 2 is 1.75 bits per heavy atom. The molecule has 20 heavy (non-hydrogen) atoms. The highest BCUT2D eigenvalue weighted by atomic mass is 32.2. The topological polar surface area (TPSA) is 0 Å². The summed E-state index contributed by atoms with van der Waals surface area (Å²) in [6, 6.07) is 17.5. The molecule has 0 aromatic heterocycles. The number of rotatable bonds is 4.